The van der Waals surface area contributed by atoms with E-state index in [-0.39, 0.29) is 29.1 Å². The molecule has 1 atom stereocenters. The van der Waals surface area contributed by atoms with Crippen LogP contribution in [0.5, 0.6) is 0 Å². The van der Waals surface area contributed by atoms with Gasteiger partial charge in [-0.15, -0.1) is 0 Å². The highest BCUT2D eigenvalue weighted by molar-refractivity contribution is 7.91. The third kappa shape index (κ3) is 4.40. The van der Waals surface area contributed by atoms with Gasteiger partial charge in [-0.05, 0) is 18.9 Å². The van der Waals surface area contributed by atoms with Crippen LogP contribution in [-0.4, -0.2) is 55.4 Å². The van der Waals surface area contributed by atoms with Gasteiger partial charge in [0.1, 0.15) is 5.69 Å². The number of sulfone groups is 1. The summed E-state index contributed by atoms with van der Waals surface area (Å²) in [5.74, 6) is 0.287. The summed E-state index contributed by atoms with van der Waals surface area (Å²) in [6.45, 7) is 2.93. The van der Waals surface area contributed by atoms with Crippen molar-refractivity contribution in [2.45, 2.75) is 32.2 Å². The molecule has 1 unspecified atom stereocenters. The molecule has 1 aromatic heterocycles. The van der Waals surface area contributed by atoms with Gasteiger partial charge in [-0.2, -0.15) is 0 Å². The maximum atomic E-state index is 12.2. The zero-order valence-corrected chi connectivity index (χ0v) is 13.8. The fourth-order valence-corrected chi connectivity index (χ4v) is 4.00. The third-order valence-corrected chi connectivity index (χ3v) is 5.40. The molecule has 2 heterocycles. The molecule has 0 spiro atoms. The predicted octanol–water partition coefficient (Wildman–Crippen LogP) is 0.630. The van der Waals surface area contributed by atoms with Gasteiger partial charge in [-0.25, -0.2) is 18.4 Å². The van der Waals surface area contributed by atoms with Crippen LogP contribution in [0, 0.1) is 0 Å². The van der Waals surface area contributed by atoms with E-state index in [1.807, 2.05) is 11.9 Å². The van der Waals surface area contributed by atoms with Gasteiger partial charge in [0.15, 0.2) is 9.84 Å². The second-order valence-electron chi connectivity index (χ2n) is 5.59. The first-order valence-corrected chi connectivity index (χ1v) is 9.29. The topological polar surface area (TPSA) is 92.3 Å². The van der Waals surface area contributed by atoms with Gasteiger partial charge in [0, 0.05) is 25.8 Å². The fourth-order valence-electron chi connectivity index (χ4n) is 2.32. The van der Waals surface area contributed by atoms with Crippen LogP contribution in [0.1, 0.15) is 36.7 Å². The van der Waals surface area contributed by atoms with Crippen molar-refractivity contribution < 1.29 is 13.2 Å². The fraction of sp³-hybridized carbons (Fsp3) is 0.643. The molecule has 22 heavy (non-hydrogen) atoms. The molecule has 1 aromatic rings. The zero-order chi connectivity index (χ0) is 16.2. The van der Waals surface area contributed by atoms with Crippen molar-refractivity contribution in [1.82, 2.24) is 15.3 Å². The number of unbranched alkanes of at least 4 members (excludes halogenated alkanes) is 1. The zero-order valence-electron chi connectivity index (χ0n) is 12.9. The van der Waals surface area contributed by atoms with E-state index >= 15 is 0 Å². The second kappa shape index (κ2) is 7.04. The standard InChI is InChI=1S/C14H22N4O3S/c1-3-4-8-18(2)14-15-7-5-12(17-14)13(19)16-11-6-9-22(20,21)10-11/h5,7,11H,3-4,6,8-10H2,1-2H3,(H,16,19). The van der Waals surface area contributed by atoms with E-state index in [4.69, 9.17) is 0 Å². The van der Waals surface area contributed by atoms with Gasteiger partial charge >= 0.3 is 0 Å². The molecule has 0 bridgehead atoms. The Kier molecular flexibility index (Phi) is 5.33. The minimum atomic E-state index is -3.01. The van der Waals surface area contributed by atoms with Crippen molar-refractivity contribution in [1.29, 1.82) is 0 Å². The second-order valence-corrected chi connectivity index (χ2v) is 7.82. The van der Waals surface area contributed by atoms with Gasteiger partial charge in [-0.3, -0.25) is 4.79 Å². The number of hydrogen-bond donors (Lipinski definition) is 1. The first-order chi connectivity index (χ1) is 10.4. The molecule has 0 saturated carbocycles. The van der Waals surface area contributed by atoms with Crippen LogP contribution in [0.15, 0.2) is 12.3 Å². The van der Waals surface area contributed by atoms with Crippen LogP contribution in [0.2, 0.25) is 0 Å². The molecule has 1 aliphatic heterocycles. The summed E-state index contributed by atoms with van der Waals surface area (Å²) in [5, 5.41) is 2.73. The highest BCUT2D eigenvalue weighted by atomic mass is 32.2. The molecule has 7 nitrogen and oxygen atoms in total. The molecule has 1 aliphatic rings. The molecule has 8 heteroatoms. The lowest BCUT2D eigenvalue weighted by molar-refractivity contribution is 0.0936. The average Bonchev–Trinajstić information content (AvgIpc) is 2.83. The Labute approximate surface area is 131 Å². The summed E-state index contributed by atoms with van der Waals surface area (Å²) in [5.41, 5.74) is 0.262. The van der Waals surface area contributed by atoms with Crippen LogP contribution in [0.3, 0.4) is 0 Å². The molecule has 0 radical (unpaired) electrons. The van der Waals surface area contributed by atoms with Crippen molar-refractivity contribution in [3.63, 3.8) is 0 Å². The lowest BCUT2D eigenvalue weighted by atomic mass is 10.2. The quantitative estimate of drug-likeness (QED) is 0.824. The summed E-state index contributed by atoms with van der Waals surface area (Å²) in [6.07, 6.45) is 4.10. The Morgan fingerprint density at radius 3 is 2.91 bits per heavy atom. The number of amides is 1. The normalized spacial score (nSPS) is 19.8. The number of anilines is 1. The molecule has 1 N–H and O–H groups in total. The van der Waals surface area contributed by atoms with E-state index in [0.717, 1.165) is 19.4 Å². The Morgan fingerprint density at radius 1 is 1.50 bits per heavy atom. The SMILES string of the molecule is CCCCN(C)c1nccc(C(=O)NC2CCS(=O)(=O)C2)n1. The number of carbonyl (C=O) groups is 1. The van der Waals surface area contributed by atoms with Gasteiger partial charge in [0.25, 0.3) is 5.91 Å². The van der Waals surface area contributed by atoms with E-state index in [0.29, 0.717) is 12.4 Å². The van der Waals surface area contributed by atoms with E-state index in [9.17, 15) is 13.2 Å². The van der Waals surface area contributed by atoms with Crippen LogP contribution in [-0.2, 0) is 9.84 Å². The van der Waals surface area contributed by atoms with Gasteiger partial charge < -0.3 is 10.2 Å². The molecular formula is C14H22N4O3S. The minimum absolute atomic E-state index is 0.00703. The molecule has 1 saturated heterocycles. The molecular weight excluding hydrogens is 304 g/mol. The highest BCUT2D eigenvalue weighted by Gasteiger charge is 2.29. The average molecular weight is 326 g/mol. The summed E-state index contributed by atoms with van der Waals surface area (Å²) in [6, 6.07) is 1.21. The van der Waals surface area contributed by atoms with Crippen molar-refractivity contribution >= 4 is 21.7 Å². The molecule has 0 aliphatic carbocycles. The molecule has 1 fully saturated rings. The van der Waals surface area contributed by atoms with Crippen molar-refractivity contribution in [3.05, 3.63) is 18.0 Å². The third-order valence-electron chi connectivity index (χ3n) is 3.63. The van der Waals surface area contributed by atoms with E-state index in [2.05, 4.69) is 22.2 Å². The van der Waals surface area contributed by atoms with Crippen molar-refractivity contribution in [3.8, 4) is 0 Å². The number of hydrogen-bond acceptors (Lipinski definition) is 6. The van der Waals surface area contributed by atoms with Crippen molar-refractivity contribution in [2.75, 3.05) is 30.0 Å². The Bertz CT molecular complexity index is 633. The molecule has 122 valence electrons. The molecule has 0 aromatic carbocycles. The monoisotopic (exact) mass is 326 g/mol. The number of aromatic nitrogens is 2. The maximum Gasteiger partial charge on any atom is 0.270 e. The van der Waals surface area contributed by atoms with Crippen LogP contribution < -0.4 is 10.2 Å². The van der Waals surface area contributed by atoms with Gasteiger partial charge in [0.05, 0.1) is 11.5 Å². The van der Waals surface area contributed by atoms with E-state index in [1.165, 1.54) is 6.07 Å². The van der Waals surface area contributed by atoms with Crippen LogP contribution >= 0.6 is 0 Å². The highest BCUT2D eigenvalue weighted by Crippen LogP contribution is 2.12. The van der Waals surface area contributed by atoms with Gasteiger partial charge in [-0.1, -0.05) is 13.3 Å². The number of nitrogens with zero attached hydrogens (tertiary/aromatic N) is 3. The summed E-state index contributed by atoms with van der Waals surface area (Å²) in [4.78, 5) is 22.5. The first kappa shape index (κ1) is 16.7. The van der Waals surface area contributed by atoms with E-state index in [1.54, 1.807) is 6.20 Å². The molecule has 1 amide bonds. The number of rotatable bonds is 6. The molecule has 2 rings (SSSR count). The number of nitrogens with one attached hydrogen (secondary N) is 1. The summed E-state index contributed by atoms with van der Waals surface area (Å²) in [7, 11) is -1.13. The minimum Gasteiger partial charge on any atom is -0.347 e. The smallest absolute Gasteiger partial charge is 0.270 e. The van der Waals surface area contributed by atoms with Crippen molar-refractivity contribution in [2.24, 2.45) is 0 Å². The summed E-state index contributed by atoms with van der Waals surface area (Å²) < 4.78 is 22.8. The Morgan fingerprint density at radius 2 is 2.27 bits per heavy atom. The largest absolute Gasteiger partial charge is 0.347 e. The first-order valence-electron chi connectivity index (χ1n) is 7.47. The van der Waals surface area contributed by atoms with Crippen LogP contribution in [0.25, 0.3) is 0 Å². The predicted molar refractivity (Wildman–Crippen MR) is 84.7 cm³/mol. The lowest BCUT2D eigenvalue weighted by Gasteiger charge is -2.17. The maximum absolute atomic E-state index is 12.2. The summed E-state index contributed by atoms with van der Waals surface area (Å²) >= 11 is 0. The Hall–Kier alpha value is -1.70. The van der Waals surface area contributed by atoms with Gasteiger partial charge in [0.2, 0.25) is 5.95 Å². The lowest BCUT2D eigenvalue weighted by Crippen LogP contribution is -2.36. The number of carbonyl (C=O) groups excluding carboxylic acids is 1. The van der Waals surface area contributed by atoms with E-state index < -0.39 is 9.84 Å². The van der Waals surface area contributed by atoms with Crippen LogP contribution in [0.4, 0.5) is 5.95 Å². The Balaban J connectivity index is 2.01.